The monoisotopic (exact) mass is 264 g/mol. The quantitative estimate of drug-likeness (QED) is 0.573. The molecule has 0 heterocycles. The van der Waals surface area contributed by atoms with Crippen LogP contribution in [-0.2, 0) is 11.3 Å². The molecule has 0 spiro atoms. The molecule has 0 bridgehead atoms. The van der Waals surface area contributed by atoms with Crippen LogP contribution in [0.1, 0.15) is 5.56 Å². The summed E-state index contributed by atoms with van der Waals surface area (Å²) in [7, 11) is 1.47. The van der Waals surface area contributed by atoms with Crippen LogP contribution in [0.25, 0.3) is 0 Å². The van der Waals surface area contributed by atoms with Gasteiger partial charge in [0, 0.05) is 30.6 Å². The lowest BCUT2D eigenvalue weighted by Crippen LogP contribution is -2.26. The zero-order valence-electron chi connectivity index (χ0n) is 10.6. The fourth-order valence-electron chi connectivity index (χ4n) is 1.90. The number of hydrogen-bond acceptors (Lipinski definition) is 4. The Morgan fingerprint density at radius 2 is 2.26 bits per heavy atom. The number of hydrogen-bond donors (Lipinski definition) is 3. The summed E-state index contributed by atoms with van der Waals surface area (Å²) >= 11 is 0. The Balaban J connectivity index is 2.00. The summed E-state index contributed by atoms with van der Waals surface area (Å²) in [5.74, 6) is 0.161. The maximum Gasteiger partial charge on any atom is 0.150 e. The highest BCUT2D eigenvalue weighted by molar-refractivity contribution is 5.47. The Bertz CT molecular complexity index is 514. The highest BCUT2D eigenvalue weighted by atomic mass is 19.1. The number of phenolic OH excluding ortho intramolecular Hbond substituents is 1. The normalized spacial score (nSPS) is 22.1. The number of benzene rings is 1. The molecule has 1 aliphatic carbocycles. The van der Waals surface area contributed by atoms with Crippen LogP contribution < -0.4 is 11.1 Å². The van der Waals surface area contributed by atoms with Crippen LogP contribution in [0.4, 0.5) is 10.1 Å². The van der Waals surface area contributed by atoms with Gasteiger partial charge in [-0.15, -0.1) is 0 Å². The number of nitrogens with one attached hydrogen (secondary N) is 1. The molecule has 4 nitrogen and oxygen atoms in total. The van der Waals surface area contributed by atoms with E-state index in [4.69, 9.17) is 10.5 Å². The molecule has 2 rings (SSSR count). The molecular weight excluding hydrogens is 247 g/mol. The number of aromatic hydroxyl groups is 1. The Morgan fingerprint density at radius 3 is 2.95 bits per heavy atom. The van der Waals surface area contributed by atoms with Crippen molar-refractivity contribution in [2.24, 2.45) is 0 Å². The molecule has 0 saturated heterocycles. The first-order valence-corrected chi connectivity index (χ1v) is 5.98. The van der Waals surface area contributed by atoms with Crippen molar-refractivity contribution in [3.05, 3.63) is 47.7 Å². The predicted molar refractivity (Wildman–Crippen MR) is 72.3 cm³/mol. The lowest BCUT2D eigenvalue weighted by Gasteiger charge is -2.19. The minimum absolute atomic E-state index is 0.161. The summed E-state index contributed by atoms with van der Waals surface area (Å²) < 4.78 is 18.6. The van der Waals surface area contributed by atoms with E-state index in [9.17, 15) is 9.50 Å². The summed E-state index contributed by atoms with van der Waals surface area (Å²) in [5, 5.41) is 12.7. The van der Waals surface area contributed by atoms with Crippen molar-refractivity contribution >= 4 is 5.69 Å². The molecule has 0 saturated carbocycles. The van der Waals surface area contributed by atoms with Crippen molar-refractivity contribution in [1.29, 1.82) is 0 Å². The van der Waals surface area contributed by atoms with Crippen LogP contribution in [0.15, 0.2) is 42.1 Å². The van der Waals surface area contributed by atoms with E-state index in [-0.39, 0.29) is 5.75 Å². The number of ether oxygens (including phenoxy) is 1. The molecular formula is C14H17FN2O2. The second kappa shape index (κ2) is 5.75. The van der Waals surface area contributed by atoms with Gasteiger partial charge in [0.1, 0.15) is 11.9 Å². The van der Waals surface area contributed by atoms with Gasteiger partial charge in [0.05, 0.1) is 0 Å². The standard InChI is InChI=1S/C14H17FN2O2/c1-19-14-5-3-11(7-12(14)15)17-8-9-6-10(16)2-4-13(9)18/h2-7,12,14,17-18H,8,16H2,1H3. The molecule has 4 N–H and O–H groups in total. The van der Waals surface area contributed by atoms with Crippen molar-refractivity contribution < 1.29 is 14.2 Å². The van der Waals surface area contributed by atoms with Gasteiger partial charge in [-0.3, -0.25) is 0 Å². The van der Waals surface area contributed by atoms with Crippen molar-refractivity contribution in [2.45, 2.75) is 18.8 Å². The predicted octanol–water partition coefficient (Wildman–Crippen LogP) is 1.87. The maximum absolute atomic E-state index is 13.6. The average Bonchev–Trinajstić information content (AvgIpc) is 2.40. The van der Waals surface area contributed by atoms with Gasteiger partial charge in [0.2, 0.25) is 0 Å². The zero-order valence-corrected chi connectivity index (χ0v) is 10.6. The Hall–Kier alpha value is -2.01. The molecule has 19 heavy (non-hydrogen) atoms. The van der Waals surface area contributed by atoms with Gasteiger partial charge in [-0.2, -0.15) is 0 Å². The SMILES string of the molecule is COC1C=CC(NCc2cc(N)ccc2O)=CC1F. The van der Waals surface area contributed by atoms with E-state index in [0.717, 1.165) is 0 Å². The first-order valence-electron chi connectivity index (χ1n) is 5.98. The number of anilines is 1. The summed E-state index contributed by atoms with van der Waals surface area (Å²) in [6.07, 6.45) is 3.16. The van der Waals surface area contributed by atoms with Gasteiger partial charge in [0.25, 0.3) is 0 Å². The van der Waals surface area contributed by atoms with Crippen molar-refractivity contribution in [3.8, 4) is 5.75 Å². The lowest BCUT2D eigenvalue weighted by molar-refractivity contribution is 0.0849. The topological polar surface area (TPSA) is 67.5 Å². The maximum atomic E-state index is 13.6. The Morgan fingerprint density at radius 1 is 1.47 bits per heavy atom. The van der Waals surface area contributed by atoms with E-state index in [1.165, 1.54) is 19.3 Å². The van der Waals surface area contributed by atoms with Crippen LogP contribution in [0, 0.1) is 0 Å². The smallest absolute Gasteiger partial charge is 0.150 e. The van der Waals surface area contributed by atoms with Crippen LogP contribution in [0.5, 0.6) is 5.75 Å². The van der Waals surface area contributed by atoms with E-state index < -0.39 is 12.3 Å². The lowest BCUT2D eigenvalue weighted by atomic mass is 10.1. The van der Waals surface area contributed by atoms with Crippen LogP contribution in [0.2, 0.25) is 0 Å². The summed E-state index contributed by atoms with van der Waals surface area (Å²) in [6.45, 7) is 0.372. The largest absolute Gasteiger partial charge is 0.508 e. The summed E-state index contributed by atoms with van der Waals surface area (Å²) in [6, 6.07) is 4.84. The van der Waals surface area contributed by atoms with Crippen molar-refractivity contribution in [1.82, 2.24) is 5.32 Å². The number of methoxy groups -OCH3 is 1. The molecule has 1 aliphatic rings. The average molecular weight is 264 g/mol. The van der Waals surface area contributed by atoms with Gasteiger partial charge in [-0.25, -0.2) is 4.39 Å². The Kier molecular flexibility index (Phi) is 4.06. The zero-order chi connectivity index (χ0) is 13.8. The molecule has 2 unspecified atom stereocenters. The molecule has 0 fully saturated rings. The van der Waals surface area contributed by atoms with E-state index >= 15 is 0 Å². The van der Waals surface area contributed by atoms with Crippen LogP contribution >= 0.6 is 0 Å². The number of alkyl halides is 1. The van der Waals surface area contributed by atoms with E-state index in [2.05, 4.69) is 5.32 Å². The fourth-order valence-corrected chi connectivity index (χ4v) is 1.90. The number of nitrogen functional groups attached to an aromatic ring is 1. The third kappa shape index (κ3) is 3.26. The second-order valence-electron chi connectivity index (χ2n) is 4.37. The fraction of sp³-hybridized carbons (Fsp3) is 0.286. The number of allylic oxidation sites excluding steroid dienone is 1. The molecule has 0 amide bonds. The third-order valence-electron chi connectivity index (χ3n) is 2.98. The van der Waals surface area contributed by atoms with Crippen LogP contribution in [-0.4, -0.2) is 24.5 Å². The highest BCUT2D eigenvalue weighted by Gasteiger charge is 2.19. The number of halogens is 1. The molecule has 1 aromatic rings. The number of nitrogens with two attached hydrogens (primary N) is 1. The first-order chi connectivity index (χ1) is 9.10. The van der Waals surface area contributed by atoms with Gasteiger partial charge in [-0.1, -0.05) is 6.08 Å². The second-order valence-corrected chi connectivity index (χ2v) is 4.37. The molecule has 2 atom stereocenters. The van der Waals surface area contributed by atoms with Crippen molar-refractivity contribution in [3.63, 3.8) is 0 Å². The number of phenols is 1. The van der Waals surface area contributed by atoms with Crippen LogP contribution in [0.3, 0.4) is 0 Å². The molecule has 1 aromatic carbocycles. The van der Waals surface area contributed by atoms with Gasteiger partial charge in [0.15, 0.2) is 6.17 Å². The van der Waals surface area contributed by atoms with E-state index in [1.54, 1.807) is 24.3 Å². The molecule has 5 heteroatoms. The molecule has 0 aromatic heterocycles. The van der Waals surface area contributed by atoms with Gasteiger partial charge in [-0.05, 0) is 30.4 Å². The molecule has 0 aliphatic heterocycles. The first kappa shape index (κ1) is 13.4. The van der Waals surface area contributed by atoms with Gasteiger partial charge >= 0.3 is 0 Å². The summed E-state index contributed by atoms with van der Waals surface area (Å²) in [5.41, 5.74) is 7.55. The molecule has 0 radical (unpaired) electrons. The third-order valence-corrected chi connectivity index (χ3v) is 2.98. The van der Waals surface area contributed by atoms with Gasteiger partial charge < -0.3 is 20.9 Å². The molecule has 102 valence electrons. The minimum atomic E-state index is -1.17. The highest BCUT2D eigenvalue weighted by Crippen LogP contribution is 2.21. The minimum Gasteiger partial charge on any atom is -0.508 e. The van der Waals surface area contributed by atoms with E-state index in [0.29, 0.717) is 23.5 Å². The summed E-state index contributed by atoms with van der Waals surface area (Å²) in [4.78, 5) is 0. The Labute approximate surface area is 111 Å². The van der Waals surface area contributed by atoms with E-state index in [1.807, 2.05) is 0 Å². The van der Waals surface area contributed by atoms with Crippen molar-refractivity contribution in [2.75, 3.05) is 12.8 Å². The number of rotatable bonds is 4.